The van der Waals surface area contributed by atoms with Gasteiger partial charge >= 0.3 is 6.18 Å². The number of amides is 1. The third-order valence-electron chi connectivity index (χ3n) is 6.11. The van der Waals surface area contributed by atoms with Gasteiger partial charge in [-0.15, -0.1) is 0 Å². The number of ether oxygens (including phenoxy) is 1. The molecule has 2 N–H and O–H groups in total. The third-order valence-corrected chi connectivity index (χ3v) is 8.97. The molecule has 2 aromatic carbocycles. The van der Waals surface area contributed by atoms with Crippen LogP contribution in [0.2, 0.25) is 0 Å². The Labute approximate surface area is 219 Å². The minimum absolute atomic E-state index is 0.00795. The summed E-state index contributed by atoms with van der Waals surface area (Å²) in [5.74, 6) is -0.787. The van der Waals surface area contributed by atoms with Crippen molar-refractivity contribution in [2.45, 2.75) is 30.1 Å². The normalized spacial score (nSPS) is 18.8. The first-order valence-corrected chi connectivity index (χ1v) is 14.4. The van der Waals surface area contributed by atoms with E-state index < -0.39 is 43.8 Å². The van der Waals surface area contributed by atoms with Gasteiger partial charge in [0.25, 0.3) is 0 Å². The van der Waals surface area contributed by atoms with E-state index in [9.17, 15) is 34.8 Å². The fourth-order valence-corrected chi connectivity index (χ4v) is 6.01. The van der Waals surface area contributed by atoms with Gasteiger partial charge in [-0.3, -0.25) is 4.79 Å². The summed E-state index contributed by atoms with van der Waals surface area (Å²) in [6.07, 6.45) is -5.00. The van der Waals surface area contributed by atoms with Gasteiger partial charge in [0.15, 0.2) is 0 Å². The molecule has 14 heteroatoms. The summed E-state index contributed by atoms with van der Waals surface area (Å²) in [5, 5.41) is 3.40. The second-order valence-electron chi connectivity index (χ2n) is 8.71. The maximum atomic E-state index is 13.1. The van der Waals surface area contributed by atoms with Crippen molar-refractivity contribution in [1.82, 2.24) is 14.3 Å². The van der Waals surface area contributed by atoms with Crippen LogP contribution in [0, 0.1) is 5.92 Å². The van der Waals surface area contributed by atoms with Crippen LogP contribution in [0.3, 0.4) is 0 Å². The molecule has 1 fully saturated rings. The van der Waals surface area contributed by atoms with Gasteiger partial charge in [0.05, 0.1) is 23.0 Å². The topological polar surface area (TPSA) is 122 Å². The number of carbonyl (C=O) groups excluding carboxylic acids is 1. The van der Waals surface area contributed by atoms with Crippen LogP contribution in [0.15, 0.2) is 65.4 Å². The average Bonchev–Trinajstić information content (AvgIpc) is 3.31. The highest BCUT2D eigenvalue weighted by molar-refractivity contribution is 7.92. The molecule has 2 atom stereocenters. The van der Waals surface area contributed by atoms with Crippen molar-refractivity contribution >= 4 is 26.0 Å². The lowest BCUT2D eigenvalue weighted by molar-refractivity contribution is -0.137. The van der Waals surface area contributed by atoms with E-state index in [1.54, 1.807) is 0 Å². The molecule has 0 spiro atoms. The Hall–Kier alpha value is -2.78. The van der Waals surface area contributed by atoms with E-state index in [2.05, 4.69) is 16.6 Å². The minimum Gasteiger partial charge on any atom is -0.380 e. The number of alkyl halides is 3. The second-order valence-corrected chi connectivity index (χ2v) is 12.4. The molecule has 0 saturated carbocycles. The van der Waals surface area contributed by atoms with Crippen LogP contribution < -0.4 is 10.0 Å². The summed E-state index contributed by atoms with van der Waals surface area (Å²) < 4.78 is 96.5. The van der Waals surface area contributed by atoms with Crippen molar-refractivity contribution in [2.75, 3.05) is 26.7 Å². The zero-order valence-corrected chi connectivity index (χ0v) is 22.1. The van der Waals surface area contributed by atoms with Crippen LogP contribution in [-0.4, -0.2) is 59.9 Å². The van der Waals surface area contributed by atoms with Crippen molar-refractivity contribution in [3.8, 4) is 0 Å². The Morgan fingerprint density at radius 1 is 1.05 bits per heavy atom. The maximum Gasteiger partial charge on any atom is 0.416 e. The van der Waals surface area contributed by atoms with Gasteiger partial charge in [-0.05, 0) is 35.4 Å². The van der Waals surface area contributed by atoms with Crippen LogP contribution in [0.25, 0.3) is 0 Å². The number of hydrogen-bond acceptors (Lipinski definition) is 6. The molecule has 0 aromatic heterocycles. The Morgan fingerprint density at radius 3 is 2.21 bits per heavy atom. The zero-order valence-electron chi connectivity index (χ0n) is 20.4. The SMILES string of the molecule is C=CS(=O)(=O)NC[C@H]1CN(S(=O)(=O)c2ccc(CC(=O)NCc3ccc(C(F)(F)F)cc3)cc2)C[C@@H]1OC. The number of hydrogen-bond donors (Lipinski definition) is 2. The molecular weight excluding hydrogens is 547 g/mol. The largest absolute Gasteiger partial charge is 0.416 e. The first-order chi connectivity index (χ1) is 17.7. The molecule has 1 saturated heterocycles. The summed E-state index contributed by atoms with van der Waals surface area (Å²) >= 11 is 0. The molecule has 3 rings (SSSR count). The van der Waals surface area contributed by atoms with Gasteiger partial charge in [-0.25, -0.2) is 21.6 Å². The monoisotopic (exact) mass is 575 g/mol. The molecule has 38 heavy (non-hydrogen) atoms. The summed E-state index contributed by atoms with van der Waals surface area (Å²) in [7, 11) is -6.15. The summed E-state index contributed by atoms with van der Waals surface area (Å²) in [5.41, 5.74) is 0.271. The van der Waals surface area contributed by atoms with E-state index in [0.29, 0.717) is 11.1 Å². The number of nitrogens with zero attached hydrogens (tertiary/aromatic N) is 1. The highest BCUT2D eigenvalue weighted by atomic mass is 32.2. The lowest BCUT2D eigenvalue weighted by Crippen LogP contribution is -2.34. The Balaban J connectivity index is 1.57. The average molecular weight is 576 g/mol. The quantitative estimate of drug-likeness (QED) is 0.424. The second kappa shape index (κ2) is 11.9. The number of rotatable bonds is 11. The zero-order chi connectivity index (χ0) is 28.1. The molecule has 9 nitrogen and oxygen atoms in total. The fourth-order valence-electron chi connectivity index (χ4n) is 3.93. The molecule has 0 unspecified atom stereocenters. The Kier molecular flexibility index (Phi) is 9.36. The number of carbonyl (C=O) groups is 1. The minimum atomic E-state index is -4.44. The lowest BCUT2D eigenvalue weighted by atomic mass is 10.1. The standard InChI is InChI=1S/C24H28F3N3O6S2/c1-3-37(32,33)29-14-19-15-30(16-22(19)36-2)38(34,35)21-10-6-17(7-11-21)12-23(31)28-13-18-4-8-20(9-5-18)24(25,26)27/h3-11,19,22,29H,1,12-16H2,2H3,(H,28,31)/t19-,22-/m0/s1. The van der Waals surface area contributed by atoms with Crippen LogP contribution in [0.4, 0.5) is 13.2 Å². The van der Waals surface area contributed by atoms with E-state index in [0.717, 1.165) is 17.5 Å². The molecule has 2 aromatic rings. The van der Waals surface area contributed by atoms with E-state index in [1.165, 1.54) is 47.8 Å². The molecule has 0 aliphatic carbocycles. The van der Waals surface area contributed by atoms with Crippen molar-refractivity contribution in [3.05, 3.63) is 77.2 Å². The van der Waals surface area contributed by atoms with Crippen LogP contribution in [0.5, 0.6) is 0 Å². The highest BCUT2D eigenvalue weighted by Gasteiger charge is 2.39. The summed E-state index contributed by atoms with van der Waals surface area (Å²) in [4.78, 5) is 12.3. The van der Waals surface area contributed by atoms with Gasteiger partial charge in [-0.1, -0.05) is 30.8 Å². The predicted octanol–water partition coefficient (Wildman–Crippen LogP) is 2.26. The van der Waals surface area contributed by atoms with E-state index >= 15 is 0 Å². The van der Waals surface area contributed by atoms with Crippen molar-refractivity contribution < 1.29 is 39.5 Å². The van der Waals surface area contributed by atoms with Crippen LogP contribution in [0.1, 0.15) is 16.7 Å². The van der Waals surface area contributed by atoms with Gasteiger partial charge in [0, 0.05) is 44.6 Å². The predicted molar refractivity (Wildman–Crippen MR) is 134 cm³/mol. The van der Waals surface area contributed by atoms with E-state index in [1.807, 2.05) is 0 Å². The van der Waals surface area contributed by atoms with E-state index in [4.69, 9.17) is 4.74 Å². The molecule has 1 heterocycles. The fraction of sp³-hybridized carbons (Fsp3) is 0.375. The smallest absolute Gasteiger partial charge is 0.380 e. The number of sulfonamides is 2. The van der Waals surface area contributed by atoms with Gasteiger partial charge in [0.1, 0.15) is 0 Å². The Bertz CT molecular complexity index is 1350. The van der Waals surface area contributed by atoms with Crippen molar-refractivity contribution in [2.24, 2.45) is 5.92 Å². The molecule has 1 aliphatic heterocycles. The van der Waals surface area contributed by atoms with Crippen molar-refractivity contribution in [1.29, 1.82) is 0 Å². The highest BCUT2D eigenvalue weighted by Crippen LogP contribution is 2.29. The van der Waals surface area contributed by atoms with Gasteiger partial charge < -0.3 is 10.1 Å². The number of halogens is 3. The summed E-state index contributed by atoms with van der Waals surface area (Å²) in [6, 6.07) is 10.2. The molecular formula is C24H28F3N3O6S2. The summed E-state index contributed by atoms with van der Waals surface area (Å²) in [6.45, 7) is 3.35. The molecule has 1 amide bonds. The number of nitrogens with one attached hydrogen (secondary N) is 2. The number of benzene rings is 2. The number of methoxy groups -OCH3 is 1. The maximum absolute atomic E-state index is 13.1. The lowest BCUT2D eigenvalue weighted by Gasteiger charge is -2.16. The third kappa shape index (κ3) is 7.63. The molecule has 0 radical (unpaired) electrons. The molecule has 1 aliphatic rings. The van der Waals surface area contributed by atoms with Gasteiger partial charge in [0.2, 0.25) is 26.0 Å². The Morgan fingerprint density at radius 2 is 1.66 bits per heavy atom. The van der Waals surface area contributed by atoms with Crippen molar-refractivity contribution in [3.63, 3.8) is 0 Å². The van der Waals surface area contributed by atoms with Crippen LogP contribution >= 0.6 is 0 Å². The first kappa shape index (κ1) is 29.8. The van der Waals surface area contributed by atoms with E-state index in [-0.39, 0.29) is 43.4 Å². The molecule has 0 bridgehead atoms. The first-order valence-electron chi connectivity index (χ1n) is 11.4. The molecule has 208 valence electrons. The van der Waals surface area contributed by atoms with Gasteiger partial charge in [-0.2, -0.15) is 17.5 Å². The van der Waals surface area contributed by atoms with Crippen LogP contribution in [-0.2, 0) is 48.7 Å².